The minimum atomic E-state index is -0.700. The van der Waals surface area contributed by atoms with Gasteiger partial charge < -0.3 is 15.8 Å². The molecule has 2 unspecified atom stereocenters. The second-order valence-corrected chi connectivity index (χ2v) is 14.0. The Labute approximate surface area is 276 Å². The van der Waals surface area contributed by atoms with Crippen molar-refractivity contribution in [2.45, 2.75) is 28.0 Å². The lowest BCUT2D eigenvalue weighted by molar-refractivity contribution is -0.149. The van der Waals surface area contributed by atoms with Crippen LogP contribution in [0.25, 0.3) is 5.57 Å². The minimum Gasteiger partial charge on any atom is -0.452 e. The average molecular weight is 684 g/mol. The Kier molecular flexibility index (Phi) is 9.20. The summed E-state index contributed by atoms with van der Waals surface area (Å²) >= 11 is 16.5. The van der Waals surface area contributed by atoms with Gasteiger partial charge in [0.2, 0.25) is 11.8 Å². The third kappa shape index (κ3) is 6.47. The van der Waals surface area contributed by atoms with Gasteiger partial charge in [0.05, 0.1) is 14.9 Å². The highest BCUT2D eigenvalue weighted by atomic mass is 35.5. The number of nitrogens with one attached hydrogen (secondary N) is 1. The summed E-state index contributed by atoms with van der Waals surface area (Å²) in [4.78, 5) is 47.2. The van der Waals surface area contributed by atoms with E-state index in [4.69, 9.17) is 33.7 Å². The highest BCUT2D eigenvalue weighted by molar-refractivity contribution is 8.04. The van der Waals surface area contributed by atoms with E-state index in [1.807, 2.05) is 66.7 Å². The van der Waals surface area contributed by atoms with Gasteiger partial charge in [-0.15, -0.1) is 23.5 Å². The van der Waals surface area contributed by atoms with Gasteiger partial charge in [-0.1, -0.05) is 95.2 Å². The molecule has 1 aromatic heterocycles. The summed E-state index contributed by atoms with van der Waals surface area (Å²) in [5.74, 6) is -0.653. The Bertz CT molecular complexity index is 1710. The van der Waals surface area contributed by atoms with E-state index in [-0.39, 0.29) is 11.3 Å². The zero-order valence-corrected chi connectivity index (χ0v) is 26.8. The van der Waals surface area contributed by atoms with Gasteiger partial charge in [-0.3, -0.25) is 19.3 Å². The molecule has 0 radical (unpaired) electrons. The normalized spacial score (nSPS) is 17.7. The Morgan fingerprint density at radius 2 is 1.73 bits per heavy atom. The monoisotopic (exact) mass is 682 g/mol. The number of thioether (sulfide) groups is 2. The van der Waals surface area contributed by atoms with Crippen molar-refractivity contribution in [2.24, 2.45) is 0 Å². The molecule has 1 fully saturated rings. The number of anilines is 1. The maximum absolute atomic E-state index is 13.5. The molecule has 224 valence electrons. The van der Waals surface area contributed by atoms with Crippen LogP contribution in [0.2, 0.25) is 10.0 Å². The number of fused-ring (bicyclic) bond motifs is 1. The molecule has 2 aliphatic heterocycles. The van der Waals surface area contributed by atoms with Crippen LogP contribution in [0.1, 0.15) is 28.5 Å². The Morgan fingerprint density at radius 1 is 1.05 bits per heavy atom. The van der Waals surface area contributed by atoms with Crippen LogP contribution in [0.4, 0.5) is 5.13 Å². The van der Waals surface area contributed by atoms with Gasteiger partial charge in [0.15, 0.2) is 11.2 Å². The molecule has 0 saturated carbocycles. The van der Waals surface area contributed by atoms with Crippen LogP contribution in [-0.2, 0) is 19.1 Å². The van der Waals surface area contributed by atoms with Crippen molar-refractivity contribution >= 4 is 86.6 Å². The number of nitrogens with zero attached hydrogens (tertiary/aromatic N) is 2. The molecule has 2 atom stereocenters. The predicted molar refractivity (Wildman–Crippen MR) is 176 cm³/mol. The number of nitrogen functional groups attached to an aromatic ring is 1. The molecule has 0 bridgehead atoms. The summed E-state index contributed by atoms with van der Waals surface area (Å²) in [5.41, 5.74) is 8.17. The van der Waals surface area contributed by atoms with Crippen LogP contribution < -0.4 is 11.1 Å². The second-order valence-electron chi connectivity index (χ2n) is 9.83. The topological polar surface area (TPSA) is 115 Å². The van der Waals surface area contributed by atoms with Crippen molar-refractivity contribution in [2.75, 3.05) is 11.5 Å². The number of esters is 1. The smallest absolute Gasteiger partial charge is 0.316 e. The number of thiazole rings is 1. The van der Waals surface area contributed by atoms with Gasteiger partial charge in [0.25, 0.3) is 0 Å². The number of carbonyl (C=O) groups is 3. The summed E-state index contributed by atoms with van der Waals surface area (Å²) in [6.07, 6.45) is 0.394. The van der Waals surface area contributed by atoms with E-state index in [9.17, 15) is 14.4 Å². The fourth-order valence-electron chi connectivity index (χ4n) is 4.84. The molecular formula is C31H24Cl2N4O4S3. The molecular weight excluding hydrogens is 659 g/mol. The summed E-state index contributed by atoms with van der Waals surface area (Å²) in [6, 6.07) is 23.9. The molecule has 2 aliphatic rings. The number of hydrogen-bond acceptors (Lipinski definition) is 9. The highest BCUT2D eigenvalue weighted by Crippen LogP contribution is 2.49. The van der Waals surface area contributed by atoms with Crippen molar-refractivity contribution in [3.05, 3.63) is 117 Å². The number of β-lactam (4-membered cyclic amide) rings is 1. The van der Waals surface area contributed by atoms with E-state index < -0.39 is 29.7 Å². The zero-order chi connectivity index (χ0) is 30.8. The molecule has 8 nitrogen and oxygen atoms in total. The van der Waals surface area contributed by atoms with Crippen LogP contribution in [0, 0.1) is 0 Å². The van der Waals surface area contributed by atoms with Crippen LogP contribution in [0.3, 0.4) is 0 Å². The Hall–Kier alpha value is -3.48. The first kappa shape index (κ1) is 30.5. The van der Waals surface area contributed by atoms with Gasteiger partial charge in [-0.25, -0.2) is 4.98 Å². The molecule has 0 spiro atoms. The van der Waals surface area contributed by atoms with Gasteiger partial charge >= 0.3 is 5.97 Å². The Balaban J connectivity index is 1.20. The van der Waals surface area contributed by atoms with Crippen LogP contribution in [-0.4, -0.2) is 44.0 Å². The number of halogens is 2. The van der Waals surface area contributed by atoms with Crippen LogP contribution >= 0.6 is 58.1 Å². The summed E-state index contributed by atoms with van der Waals surface area (Å²) < 4.78 is 5.83. The number of rotatable bonds is 9. The lowest BCUT2D eigenvalue weighted by atomic mass is 10.0. The van der Waals surface area contributed by atoms with Crippen molar-refractivity contribution < 1.29 is 19.1 Å². The molecule has 2 amide bonds. The number of nitrogens with two attached hydrogens (primary N) is 1. The molecule has 0 aliphatic carbocycles. The molecule has 3 aromatic carbocycles. The number of amides is 2. The van der Waals surface area contributed by atoms with E-state index >= 15 is 0 Å². The number of benzene rings is 3. The number of ether oxygens (including phenoxy) is 1. The third-order valence-corrected chi connectivity index (χ3v) is 11.2. The minimum absolute atomic E-state index is 0.181. The fourth-order valence-corrected chi connectivity index (χ4v) is 8.78. The maximum atomic E-state index is 13.5. The number of aromatic nitrogens is 1. The predicted octanol–water partition coefficient (Wildman–Crippen LogP) is 6.62. The standard InChI is InChI=1S/C31H24Cl2N4O4S3/c32-21-12-11-19(13-22(21)33)43-27-29(40)37-28(20(16-42-30(27)37)23-15-35-31(34)44-23)36-24(38)14-25(39)41-26(17-7-3-1-4-8-17)18-9-5-2-6-10-18/h1-13,15,26-27,30H,14,16H2,(H2,34,35)(H,36,38). The van der Waals surface area contributed by atoms with Crippen molar-refractivity contribution in [3.8, 4) is 0 Å². The van der Waals surface area contributed by atoms with Crippen LogP contribution in [0.5, 0.6) is 0 Å². The SMILES string of the molecule is Nc1ncc(C2=C(NC(=O)CC(=O)OC(c3ccccc3)c3ccccc3)N3C(=O)C(Sc4ccc(Cl)c(Cl)c4)C3SC2)s1. The second kappa shape index (κ2) is 13.3. The molecule has 3 N–H and O–H groups in total. The van der Waals surface area contributed by atoms with Crippen LogP contribution in [0.15, 0.2) is 95.8 Å². The van der Waals surface area contributed by atoms with E-state index in [1.165, 1.54) is 23.1 Å². The fraction of sp³-hybridized carbons (Fsp3) is 0.161. The van der Waals surface area contributed by atoms with E-state index in [0.29, 0.717) is 32.3 Å². The van der Waals surface area contributed by atoms with Crippen molar-refractivity contribution in [1.82, 2.24) is 15.2 Å². The highest BCUT2D eigenvalue weighted by Gasteiger charge is 2.53. The van der Waals surface area contributed by atoms with Gasteiger partial charge in [0.1, 0.15) is 22.9 Å². The van der Waals surface area contributed by atoms with Gasteiger partial charge in [0, 0.05) is 22.4 Å². The van der Waals surface area contributed by atoms with Gasteiger partial charge in [-0.05, 0) is 29.3 Å². The van der Waals surface area contributed by atoms with Crippen molar-refractivity contribution in [3.63, 3.8) is 0 Å². The molecule has 1 saturated heterocycles. The van der Waals surface area contributed by atoms with Crippen molar-refractivity contribution in [1.29, 1.82) is 0 Å². The molecule has 4 aromatic rings. The molecule has 13 heteroatoms. The first-order valence-corrected chi connectivity index (χ1v) is 16.9. The number of carbonyl (C=O) groups excluding carboxylic acids is 3. The Morgan fingerprint density at radius 3 is 2.34 bits per heavy atom. The largest absolute Gasteiger partial charge is 0.452 e. The van der Waals surface area contributed by atoms with E-state index in [0.717, 1.165) is 20.9 Å². The van der Waals surface area contributed by atoms with E-state index in [1.54, 1.807) is 35.0 Å². The third-order valence-electron chi connectivity index (χ3n) is 6.91. The van der Waals surface area contributed by atoms with E-state index in [2.05, 4.69) is 10.3 Å². The van der Waals surface area contributed by atoms with Gasteiger partial charge in [-0.2, -0.15) is 0 Å². The first-order chi connectivity index (χ1) is 21.3. The quantitative estimate of drug-likeness (QED) is 0.115. The molecule has 6 rings (SSSR count). The number of hydrogen-bond donors (Lipinski definition) is 2. The molecule has 3 heterocycles. The lowest BCUT2D eigenvalue weighted by Gasteiger charge is -2.50. The zero-order valence-electron chi connectivity index (χ0n) is 22.8. The maximum Gasteiger partial charge on any atom is 0.316 e. The summed E-state index contributed by atoms with van der Waals surface area (Å²) in [7, 11) is 0. The average Bonchev–Trinajstić information content (AvgIpc) is 3.46. The summed E-state index contributed by atoms with van der Waals surface area (Å²) in [6.45, 7) is 0. The molecule has 44 heavy (non-hydrogen) atoms. The lowest BCUT2D eigenvalue weighted by Crippen LogP contribution is -2.64. The first-order valence-electron chi connectivity index (χ1n) is 13.4. The summed E-state index contributed by atoms with van der Waals surface area (Å²) in [5, 5.41) is 3.40.